The summed E-state index contributed by atoms with van der Waals surface area (Å²) in [6.45, 7) is 1.60. The minimum Gasteiger partial charge on any atom is -0.478 e. The quantitative estimate of drug-likeness (QED) is 0.824. The number of halogens is 1. The predicted octanol–water partition coefficient (Wildman–Crippen LogP) is 2.42. The van der Waals surface area contributed by atoms with E-state index < -0.39 is 18.0 Å². The van der Waals surface area contributed by atoms with Crippen LogP contribution in [0.2, 0.25) is 5.02 Å². The maximum atomic E-state index is 11.1. The van der Waals surface area contributed by atoms with Crippen LogP contribution >= 0.6 is 11.6 Å². The van der Waals surface area contributed by atoms with Crippen molar-refractivity contribution >= 4 is 23.5 Å². The predicted molar refractivity (Wildman–Crippen MR) is 58.2 cm³/mol. The molecule has 0 aliphatic heterocycles. The van der Waals surface area contributed by atoms with Gasteiger partial charge in [-0.15, -0.1) is 0 Å². The number of rotatable bonds is 4. The van der Waals surface area contributed by atoms with E-state index in [1.54, 1.807) is 19.1 Å². The number of carbonyl (C=O) groups is 2. The third-order valence-electron chi connectivity index (χ3n) is 1.94. The highest BCUT2D eigenvalue weighted by Gasteiger charge is 2.23. The molecule has 0 heterocycles. The Morgan fingerprint density at radius 3 is 2.38 bits per heavy atom. The van der Waals surface area contributed by atoms with Crippen LogP contribution < -0.4 is 0 Å². The molecule has 0 fully saturated rings. The second-order valence-electron chi connectivity index (χ2n) is 3.11. The minimum atomic E-state index is -1.27. The van der Waals surface area contributed by atoms with Gasteiger partial charge in [-0.05, 0) is 12.1 Å². The molecule has 0 aliphatic rings. The zero-order valence-corrected chi connectivity index (χ0v) is 9.40. The summed E-state index contributed by atoms with van der Waals surface area (Å²) in [4.78, 5) is 22.0. The van der Waals surface area contributed by atoms with Gasteiger partial charge in [0.1, 0.15) is 0 Å². The van der Waals surface area contributed by atoms with Gasteiger partial charge in [0.05, 0.1) is 0 Å². The zero-order valence-electron chi connectivity index (χ0n) is 8.64. The molecular formula is C11H11ClO4. The Balaban J connectivity index is 2.89. The molecule has 1 N–H and O–H groups in total. The third kappa shape index (κ3) is 3.24. The lowest BCUT2D eigenvalue weighted by Crippen LogP contribution is -2.18. The van der Waals surface area contributed by atoms with Crippen molar-refractivity contribution in [3.63, 3.8) is 0 Å². The highest BCUT2D eigenvalue weighted by atomic mass is 35.5. The second kappa shape index (κ2) is 5.51. The summed E-state index contributed by atoms with van der Waals surface area (Å²) >= 11 is 5.67. The molecule has 0 saturated carbocycles. The van der Waals surface area contributed by atoms with Crippen LogP contribution in [0, 0.1) is 0 Å². The molecule has 4 nitrogen and oxygen atoms in total. The molecule has 0 aliphatic carbocycles. The second-order valence-corrected chi connectivity index (χ2v) is 3.55. The highest BCUT2D eigenvalue weighted by molar-refractivity contribution is 6.30. The van der Waals surface area contributed by atoms with Crippen LogP contribution in [0.4, 0.5) is 0 Å². The molecule has 0 spiro atoms. The van der Waals surface area contributed by atoms with Crippen molar-refractivity contribution in [1.82, 2.24) is 0 Å². The highest BCUT2D eigenvalue weighted by Crippen LogP contribution is 2.20. The van der Waals surface area contributed by atoms with Crippen LogP contribution in [0.3, 0.4) is 0 Å². The summed E-state index contributed by atoms with van der Waals surface area (Å²) in [5, 5.41) is 9.43. The molecule has 0 bridgehead atoms. The van der Waals surface area contributed by atoms with Gasteiger partial charge in [-0.3, -0.25) is 4.79 Å². The first-order chi connectivity index (χ1) is 7.54. The monoisotopic (exact) mass is 242 g/mol. The van der Waals surface area contributed by atoms with Gasteiger partial charge in [0.2, 0.25) is 6.10 Å². The van der Waals surface area contributed by atoms with E-state index in [0.29, 0.717) is 10.6 Å². The Kier molecular flexibility index (Phi) is 4.31. The number of carbonyl (C=O) groups excluding carboxylic acids is 1. The van der Waals surface area contributed by atoms with Crippen LogP contribution in [-0.4, -0.2) is 17.0 Å². The van der Waals surface area contributed by atoms with E-state index in [0.717, 1.165) is 0 Å². The third-order valence-corrected chi connectivity index (χ3v) is 2.19. The molecule has 1 aromatic carbocycles. The van der Waals surface area contributed by atoms with Gasteiger partial charge in [0, 0.05) is 17.0 Å². The molecule has 0 aromatic heterocycles. The van der Waals surface area contributed by atoms with Crippen LogP contribution in [0.1, 0.15) is 25.0 Å². The van der Waals surface area contributed by atoms with Crippen molar-refractivity contribution in [3.05, 3.63) is 34.9 Å². The zero-order chi connectivity index (χ0) is 12.1. The van der Waals surface area contributed by atoms with Crippen molar-refractivity contribution in [1.29, 1.82) is 0 Å². The van der Waals surface area contributed by atoms with E-state index in [1.807, 2.05) is 0 Å². The van der Waals surface area contributed by atoms with E-state index in [-0.39, 0.29) is 6.42 Å². The van der Waals surface area contributed by atoms with Gasteiger partial charge < -0.3 is 9.84 Å². The van der Waals surface area contributed by atoms with Crippen LogP contribution in [0.25, 0.3) is 0 Å². The first-order valence-corrected chi connectivity index (χ1v) is 5.10. The van der Waals surface area contributed by atoms with Crippen molar-refractivity contribution in [2.75, 3.05) is 0 Å². The fourth-order valence-electron chi connectivity index (χ4n) is 1.11. The van der Waals surface area contributed by atoms with Gasteiger partial charge in [0.25, 0.3) is 0 Å². The topological polar surface area (TPSA) is 63.6 Å². The fourth-order valence-corrected chi connectivity index (χ4v) is 1.24. The Bertz CT molecular complexity index is 385. The lowest BCUT2D eigenvalue weighted by atomic mass is 10.1. The number of aliphatic carboxylic acids is 1. The van der Waals surface area contributed by atoms with Crippen LogP contribution in [-0.2, 0) is 14.3 Å². The molecular weight excluding hydrogens is 232 g/mol. The summed E-state index contributed by atoms with van der Waals surface area (Å²) in [6.07, 6.45) is -1.14. The molecule has 86 valence electrons. The summed E-state index contributed by atoms with van der Waals surface area (Å²) in [5.41, 5.74) is 0.388. The van der Waals surface area contributed by atoms with Gasteiger partial charge in [0.15, 0.2) is 0 Å². The van der Waals surface area contributed by atoms with E-state index >= 15 is 0 Å². The summed E-state index contributed by atoms with van der Waals surface area (Å²) in [7, 11) is 0. The number of carboxylic acids is 1. The molecule has 0 unspecified atom stereocenters. The number of hydrogen-bond donors (Lipinski definition) is 1. The van der Waals surface area contributed by atoms with Crippen molar-refractivity contribution < 1.29 is 19.4 Å². The Morgan fingerprint density at radius 2 is 1.94 bits per heavy atom. The van der Waals surface area contributed by atoms with E-state index in [1.165, 1.54) is 12.1 Å². The Hall–Kier alpha value is -1.55. The number of carboxylic acid groups (broad SMARTS) is 1. The van der Waals surface area contributed by atoms with E-state index in [9.17, 15) is 9.59 Å². The first kappa shape index (κ1) is 12.5. The van der Waals surface area contributed by atoms with Crippen molar-refractivity contribution in [3.8, 4) is 0 Å². The molecule has 1 aromatic rings. The number of ether oxygens (including phenoxy) is 1. The average molecular weight is 243 g/mol. The van der Waals surface area contributed by atoms with Gasteiger partial charge in [-0.2, -0.15) is 0 Å². The van der Waals surface area contributed by atoms with Crippen molar-refractivity contribution in [2.45, 2.75) is 19.4 Å². The summed E-state index contributed by atoms with van der Waals surface area (Å²) < 4.78 is 4.81. The largest absolute Gasteiger partial charge is 0.478 e. The van der Waals surface area contributed by atoms with Gasteiger partial charge in [-0.25, -0.2) is 4.79 Å². The van der Waals surface area contributed by atoms with E-state index in [4.69, 9.17) is 21.4 Å². The number of benzene rings is 1. The molecule has 0 saturated heterocycles. The lowest BCUT2D eigenvalue weighted by Gasteiger charge is -2.13. The van der Waals surface area contributed by atoms with Gasteiger partial charge in [-0.1, -0.05) is 30.7 Å². The SMILES string of the molecule is CCC(=O)O[C@H](C(=O)O)c1ccc(Cl)cc1. The lowest BCUT2D eigenvalue weighted by molar-refractivity contribution is -0.164. The fraction of sp³-hybridized carbons (Fsp3) is 0.273. The first-order valence-electron chi connectivity index (χ1n) is 4.72. The normalized spacial score (nSPS) is 11.9. The molecule has 1 rings (SSSR count). The average Bonchev–Trinajstić information content (AvgIpc) is 2.26. The maximum Gasteiger partial charge on any atom is 0.349 e. The smallest absolute Gasteiger partial charge is 0.349 e. The minimum absolute atomic E-state index is 0.136. The molecule has 5 heteroatoms. The Labute approximate surface area is 97.8 Å². The van der Waals surface area contributed by atoms with Crippen molar-refractivity contribution in [2.24, 2.45) is 0 Å². The number of hydrogen-bond acceptors (Lipinski definition) is 3. The Morgan fingerprint density at radius 1 is 1.38 bits per heavy atom. The molecule has 16 heavy (non-hydrogen) atoms. The van der Waals surface area contributed by atoms with Gasteiger partial charge >= 0.3 is 11.9 Å². The maximum absolute atomic E-state index is 11.1. The molecule has 0 amide bonds. The molecule has 0 radical (unpaired) electrons. The summed E-state index contributed by atoms with van der Waals surface area (Å²) in [6, 6.07) is 6.13. The summed E-state index contributed by atoms with van der Waals surface area (Å²) in [5.74, 6) is -1.76. The van der Waals surface area contributed by atoms with E-state index in [2.05, 4.69) is 0 Å². The van der Waals surface area contributed by atoms with Crippen LogP contribution in [0.15, 0.2) is 24.3 Å². The standard InChI is InChI=1S/C11H11ClO4/c1-2-9(13)16-10(11(14)15)7-3-5-8(12)6-4-7/h3-6,10H,2H2,1H3,(H,14,15)/t10-/m0/s1. The number of esters is 1. The van der Waals surface area contributed by atoms with Crippen LogP contribution in [0.5, 0.6) is 0 Å². The molecule has 1 atom stereocenters.